The highest BCUT2D eigenvalue weighted by Gasteiger charge is 2.22. The Kier molecular flexibility index (Phi) is 6.34. The minimum absolute atomic E-state index is 0.00210. The zero-order valence-corrected chi connectivity index (χ0v) is 15.6. The number of fused-ring (bicyclic) bond motifs is 1. The summed E-state index contributed by atoms with van der Waals surface area (Å²) < 4.78 is 5.20. The van der Waals surface area contributed by atoms with Gasteiger partial charge in [0.1, 0.15) is 5.25 Å². The van der Waals surface area contributed by atoms with Gasteiger partial charge in [0.15, 0.2) is 6.61 Å². The van der Waals surface area contributed by atoms with Crippen LogP contribution in [0.2, 0.25) is 0 Å². The van der Waals surface area contributed by atoms with Gasteiger partial charge in [-0.05, 0) is 49.4 Å². The predicted octanol–water partition coefficient (Wildman–Crippen LogP) is 3.90. The van der Waals surface area contributed by atoms with Crippen LogP contribution >= 0.6 is 11.8 Å². The lowest BCUT2D eigenvalue weighted by Crippen LogP contribution is -2.35. The number of thioether (sulfide) groups is 1. The Balaban J connectivity index is 1.48. The number of rotatable bonds is 6. The van der Waals surface area contributed by atoms with Crippen molar-refractivity contribution in [3.8, 4) is 0 Å². The summed E-state index contributed by atoms with van der Waals surface area (Å²) in [6.45, 7) is 1.55. The van der Waals surface area contributed by atoms with Crippen molar-refractivity contribution in [2.24, 2.45) is 0 Å². The predicted molar refractivity (Wildman–Crippen MR) is 103 cm³/mol. The molecule has 1 N–H and O–H groups in total. The lowest BCUT2D eigenvalue weighted by molar-refractivity contribution is -0.147. The Labute approximate surface area is 158 Å². The zero-order chi connectivity index (χ0) is 18.4. The summed E-state index contributed by atoms with van der Waals surface area (Å²) in [5.74, 6) is -0.630. The highest BCUT2D eigenvalue weighted by Crippen LogP contribution is 2.29. The summed E-state index contributed by atoms with van der Waals surface area (Å²) in [5.41, 5.74) is 2.46. The quantitative estimate of drug-likeness (QED) is 0.620. The number of esters is 1. The Bertz CT molecular complexity index is 763. The number of aryl methyl sites for hydroxylation is 1. The van der Waals surface area contributed by atoms with Crippen molar-refractivity contribution >= 4 is 23.6 Å². The number of carbonyl (C=O) groups excluding carboxylic acids is 2. The summed E-state index contributed by atoms with van der Waals surface area (Å²) in [7, 11) is 0. The first kappa shape index (κ1) is 18.5. The van der Waals surface area contributed by atoms with Crippen molar-refractivity contribution < 1.29 is 14.3 Å². The second-order valence-corrected chi connectivity index (χ2v) is 7.81. The fourth-order valence-electron chi connectivity index (χ4n) is 3.15. The summed E-state index contributed by atoms with van der Waals surface area (Å²) in [5, 5.41) is 2.64. The van der Waals surface area contributed by atoms with Crippen LogP contribution in [-0.4, -0.2) is 23.7 Å². The number of ether oxygens (including phenoxy) is 1. The monoisotopic (exact) mass is 369 g/mol. The van der Waals surface area contributed by atoms with Gasteiger partial charge in [-0.15, -0.1) is 11.8 Å². The molecule has 4 nitrogen and oxygen atoms in total. The van der Waals surface area contributed by atoms with Gasteiger partial charge in [-0.3, -0.25) is 9.59 Å². The number of benzene rings is 2. The molecule has 0 aliphatic heterocycles. The van der Waals surface area contributed by atoms with Crippen LogP contribution in [0, 0.1) is 0 Å². The molecule has 2 aromatic carbocycles. The van der Waals surface area contributed by atoms with Crippen LogP contribution < -0.4 is 5.32 Å². The van der Waals surface area contributed by atoms with Crippen molar-refractivity contribution in [3.63, 3.8) is 0 Å². The Morgan fingerprint density at radius 1 is 1.15 bits per heavy atom. The molecule has 0 saturated heterocycles. The molecule has 5 heteroatoms. The first-order valence-corrected chi connectivity index (χ1v) is 9.77. The van der Waals surface area contributed by atoms with Crippen LogP contribution in [0.25, 0.3) is 0 Å². The standard InChI is InChI=1S/C21H23NO3S/c1-15(26-17-10-3-2-4-11-17)21(24)25-14-20(23)22-19-13-7-9-16-8-5-6-12-18(16)19/h2-6,8,10-12,15,19H,7,9,13-14H2,1H3,(H,22,23)/t15-,19+/m1/s1. The number of nitrogens with one attached hydrogen (secondary N) is 1. The van der Waals surface area contributed by atoms with Crippen molar-refractivity contribution in [2.45, 2.75) is 42.4 Å². The molecule has 0 saturated carbocycles. The summed E-state index contributed by atoms with van der Waals surface area (Å²) in [6, 6.07) is 17.9. The molecule has 0 heterocycles. The van der Waals surface area contributed by atoms with E-state index < -0.39 is 0 Å². The van der Waals surface area contributed by atoms with Crippen LogP contribution in [0.5, 0.6) is 0 Å². The Morgan fingerprint density at radius 3 is 2.69 bits per heavy atom. The third-order valence-electron chi connectivity index (χ3n) is 4.44. The van der Waals surface area contributed by atoms with Gasteiger partial charge in [0.2, 0.25) is 0 Å². The van der Waals surface area contributed by atoms with E-state index in [1.165, 1.54) is 22.9 Å². The average molecular weight is 369 g/mol. The average Bonchev–Trinajstić information content (AvgIpc) is 2.67. The lowest BCUT2D eigenvalue weighted by atomic mass is 9.88. The fourth-order valence-corrected chi connectivity index (χ4v) is 4.03. The second-order valence-electron chi connectivity index (χ2n) is 6.39. The molecule has 0 spiro atoms. The van der Waals surface area contributed by atoms with Gasteiger partial charge in [-0.1, -0.05) is 42.5 Å². The molecule has 1 aliphatic rings. The third-order valence-corrected chi connectivity index (χ3v) is 5.53. The van der Waals surface area contributed by atoms with Crippen LogP contribution in [0.3, 0.4) is 0 Å². The smallest absolute Gasteiger partial charge is 0.319 e. The Morgan fingerprint density at radius 2 is 1.88 bits per heavy atom. The molecule has 0 bridgehead atoms. The minimum atomic E-state index is -0.377. The first-order chi connectivity index (χ1) is 12.6. The second kappa shape index (κ2) is 8.90. The van der Waals surface area contributed by atoms with Gasteiger partial charge in [-0.25, -0.2) is 0 Å². The van der Waals surface area contributed by atoms with E-state index in [4.69, 9.17) is 4.74 Å². The fraction of sp³-hybridized carbons (Fsp3) is 0.333. The summed E-state index contributed by atoms with van der Waals surface area (Å²) >= 11 is 1.42. The van der Waals surface area contributed by atoms with Crippen molar-refractivity contribution in [3.05, 3.63) is 65.7 Å². The van der Waals surface area contributed by atoms with Gasteiger partial charge in [0.05, 0.1) is 6.04 Å². The van der Waals surface area contributed by atoms with Gasteiger partial charge in [0.25, 0.3) is 5.91 Å². The molecule has 26 heavy (non-hydrogen) atoms. The molecule has 0 aromatic heterocycles. The van der Waals surface area contributed by atoms with E-state index >= 15 is 0 Å². The molecule has 0 radical (unpaired) electrons. The maximum Gasteiger partial charge on any atom is 0.319 e. The lowest BCUT2D eigenvalue weighted by Gasteiger charge is -2.26. The van der Waals surface area contributed by atoms with Crippen molar-refractivity contribution in [1.29, 1.82) is 0 Å². The first-order valence-electron chi connectivity index (χ1n) is 8.89. The molecule has 136 valence electrons. The number of hydrogen-bond donors (Lipinski definition) is 1. The largest absolute Gasteiger partial charge is 0.455 e. The van der Waals surface area contributed by atoms with Crippen molar-refractivity contribution in [1.82, 2.24) is 5.32 Å². The molecule has 3 rings (SSSR count). The number of hydrogen-bond acceptors (Lipinski definition) is 4. The molecule has 1 amide bonds. The third kappa shape index (κ3) is 4.88. The van der Waals surface area contributed by atoms with E-state index in [0.717, 1.165) is 24.2 Å². The van der Waals surface area contributed by atoms with Crippen LogP contribution in [0.4, 0.5) is 0 Å². The van der Waals surface area contributed by atoms with Gasteiger partial charge < -0.3 is 10.1 Å². The van der Waals surface area contributed by atoms with E-state index in [0.29, 0.717) is 0 Å². The van der Waals surface area contributed by atoms with Crippen LogP contribution in [-0.2, 0) is 20.7 Å². The number of amides is 1. The van der Waals surface area contributed by atoms with Crippen LogP contribution in [0.1, 0.15) is 36.9 Å². The molecule has 2 atom stereocenters. The van der Waals surface area contributed by atoms with Crippen molar-refractivity contribution in [2.75, 3.05) is 6.61 Å². The van der Waals surface area contributed by atoms with Gasteiger partial charge in [-0.2, -0.15) is 0 Å². The van der Waals surface area contributed by atoms with Gasteiger partial charge >= 0.3 is 5.97 Å². The normalized spacial score (nSPS) is 17.0. The SMILES string of the molecule is C[C@@H](Sc1ccccc1)C(=O)OCC(=O)N[C@H]1CCCc2ccccc21. The molecular weight excluding hydrogens is 346 g/mol. The summed E-state index contributed by atoms with van der Waals surface area (Å²) in [4.78, 5) is 25.3. The zero-order valence-electron chi connectivity index (χ0n) is 14.8. The van der Waals surface area contributed by atoms with E-state index in [-0.39, 0.29) is 29.8 Å². The Hall–Kier alpha value is -2.27. The minimum Gasteiger partial charge on any atom is -0.455 e. The molecular formula is C21H23NO3S. The molecule has 2 aromatic rings. The van der Waals surface area contributed by atoms with E-state index in [2.05, 4.69) is 17.4 Å². The maximum absolute atomic E-state index is 12.2. The van der Waals surface area contributed by atoms with Gasteiger partial charge in [0, 0.05) is 4.90 Å². The van der Waals surface area contributed by atoms with E-state index in [1.54, 1.807) is 6.92 Å². The van der Waals surface area contributed by atoms with E-state index in [1.807, 2.05) is 42.5 Å². The summed E-state index contributed by atoms with van der Waals surface area (Å²) in [6.07, 6.45) is 3.01. The molecule has 0 unspecified atom stereocenters. The topological polar surface area (TPSA) is 55.4 Å². The maximum atomic E-state index is 12.2. The number of carbonyl (C=O) groups is 2. The van der Waals surface area contributed by atoms with Crippen LogP contribution in [0.15, 0.2) is 59.5 Å². The highest BCUT2D eigenvalue weighted by molar-refractivity contribution is 8.00. The highest BCUT2D eigenvalue weighted by atomic mass is 32.2. The molecule has 1 aliphatic carbocycles. The van der Waals surface area contributed by atoms with E-state index in [9.17, 15) is 9.59 Å². The molecule has 0 fully saturated rings.